The number of hydrogen-bond donors (Lipinski definition) is 1. The number of aliphatic hydroxyl groups is 1. The average molecular weight is 222 g/mol. The van der Waals surface area contributed by atoms with E-state index in [0.717, 1.165) is 11.5 Å². The summed E-state index contributed by atoms with van der Waals surface area (Å²) in [4.78, 5) is 0. The zero-order valence-electron chi connectivity index (χ0n) is 9.77. The molecule has 0 aromatic heterocycles. The molecule has 1 aliphatic rings. The number of hydrogen-bond acceptors (Lipinski definition) is 3. The SMILES string of the molecule is CC(C)c1ccc2c(c1)OCC(CO)CO2. The third-order valence-corrected chi connectivity index (χ3v) is 2.84. The second-order valence-corrected chi connectivity index (χ2v) is 4.53. The van der Waals surface area contributed by atoms with E-state index in [2.05, 4.69) is 19.9 Å². The lowest BCUT2D eigenvalue weighted by atomic mass is 10.0. The zero-order chi connectivity index (χ0) is 11.5. The Morgan fingerprint density at radius 2 is 1.94 bits per heavy atom. The summed E-state index contributed by atoms with van der Waals surface area (Å²) in [7, 11) is 0. The van der Waals surface area contributed by atoms with Crippen molar-refractivity contribution in [2.45, 2.75) is 19.8 Å². The molecule has 2 rings (SSSR count). The summed E-state index contributed by atoms with van der Waals surface area (Å²) in [5.41, 5.74) is 1.24. The Morgan fingerprint density at radius 3 is 2.56 bits per heavy atom. The molecule has 1 atom stereocenters. The second kappa shape index (κ2) is 4.74. The van der Waals surface area contributed by atoms with Gasteiger partial charge in [-0.15, -0.1) is 0 Å². The molecule has 0 radical (unpaired) electrons. The minimum absolute atomic E-state index is 0.0647. The molecule has 1 heterocycles. The summed E-state index contributed by atoms with van der Waals surface area (Å²) >= 11 is 0. The van der Waals surface area contributed by atoms with Crippen LogP contribution >= 0.6 is 0 Å². The molecule has 0 saturated heterocycles. The Hall–Kier alpha value is -1.22. The van der Waals surface area contributed by atoms with Gasteiger partial charge in [0.1, 0.15) is 0 Å². The number of ether oxygens (including phenoxy) is 2. The standard InChI is InChI=1S/C13H18O3/c1-9(2)11-3-4-12-13(5-11)16-8-10(6-14)7-15-12/h3-5,9-10,14H,6-8H2,1-2H3. The molecule has 16 heavy (non-hydrogen) atoms. The van der Waals surface area contributed by atoms with Crippen molar-refractivity contribution < 1.29 is 14.6 Å². The van der Waals surface area contributed by atoms with Crippen molar-refractivity contribution in [1.29, 1.82) is 0 Å². The second-order valence-electron chi connectivity index (χ2n) is 4.53. The first-order valence-electron chi connectivity index (χ1n) is 5.71. The molecule has 1 unspecified atom stereocenters. The fraction of sp³-hybridized carbons (Fsp3) is 0.538. The van der Waals surface area contributed by atoms with Crippen LogP contribution in [0.1, 0.15) is 25.3 Å². The van der Waals surface area contributed by atoms with Crippen LogP contribution in [0.3, 0.4) is 0 Å². The molecule has 1 N–H and O–H groups in total. The minimum atomic E-state index is 0.0647. The first-order chi connectivity index (χ1) is 7.70. The van der Waals surface area contributed by atoms with Gasteiger partial charge in [0.25, 0.3) is 0 Å². The Kier molecular flexibility index (Phi) is 3.34. The smallest absolute Gasteiger partial charge is 0.161 e. The van der Waals surface area contributed by atoms with Gasteiger partial charge in [-0.1, -0.05) is 19.9 Å². The lowest BCUT2D eigenvalue weighted by Gasteiger charge is -2.11. The van der Waals surface area contributed by atoms with Gasteiger partial charge in [-0.2, -0.15) is 0 Å². The van der Waals surface area contributed by atoms with Crippen LogP contribution in [0.2, 0.25) is 0 Å². The highest BCUT2D eigenvalue weighted by atomic mass is 16.5. The molecule has 0 amide bonds. The Balaban J connectivity index is 2.21. The Morgan fingerprint density at radius 1 is 1.25 bits per heavy atom. The van der Waals surface area contributed by atoms with E-state index in [-0.39, 0.29) is 12.5 Å². The van der Waals surface area contributed by atoms with Crippen LogP contribution in [-0.4, -0.2) is 24.9 Å². The molecule has 3 nitrogen and oxygen atoms in total. The molecule has 0 bridgehead atoms. The maximum Gasteiger partial charge on any atom is 0.161 e. The highest BCUT2D eigenvalue weighted by Crippen LogP contribution is 2.33. The van der Waals surface area contributed by atoms with Gasteiger partial charge < -0.3 is 14.6 Å². The Bertz CT molecular complexity index is 360. The van der Waals surface area contributed by atoms with Crippen molar-refractivity contribution in [3.05, 3.63) is 23.8 Å². The van der Waals surface area contributed by atoms with E-state index in [0.29, 0.717) is 19.1 Å². The molecule has 1 aromatic rings. The van der Waals surface area contributed by atoms with E-state index in [1.54, 1.807) is 0 Å². The van der Waals surface area contributed by atoms with Gasteiger partial charge in [-0.05, 0) is 23.6 Å². The minimum Gasteiger partial charge on any atom is -0.489 e. The third kappa shape index (κ3) is 2.30. The van der Waals surface area contributed by atoms with E-state index < -0.39 is 0 Å². The van der Waals surface area contributed by atoms with Crippen molar-refractivity contribution >= 4 is 0 Å². The molecule has 3 heteroatoms. The fourth-order valence-corrected chi connectivity index (χ4v) is 1.68. The normalized spacial score (nSPS) is 19.6. The largest absolute Gasteiger partial charge is 0.489 e. The first kappa shape index (κ1) is 11.3. The van der Waals surface area contributed by atoms with E-state index >= 15 is 0 Å². The van der Waals surface area contributed by atoms with Gasteiger partial charge in [-0.25, -0.2) is 0 Å². The van der Waals surface area contributed by atoms with Crippen LogP contribution in [0.25, 0.3) is 0 Å². The van der Waals surface area contributed by atoms with Crippen molar-refractivity contribution in [3.63, 3.8) is 0 Å². The predicted octanol–water partition coefficient (Wildman–Crippen LogP) is 2.19. The van der Waals surface area contributed by atoms with Crippen LogP contribution < -0.4 is 9.47 Å². The van der Waals surface area contributed by atoms with Crippen molar-refractivity contribution in [2.75, 3.05) is 19.8 Å². The lowest BCUT2D eigenvalue weighted by Crippen LogP contribution is -2.20. The summed E-state index contributed by atoms with van der Waals surface area (Å²) in [6.07, 6.45) is 0. The average Bonchev–Trinajstić information content (AvgIpc) is 2.50. The zero-order valence-corrected chi connectivity index (χ0v) is 9.77. The van der Waals surface area contributed by atoms with Gasteiger partial charge in [-0.3, -0.25) is 0 Å². The molecule has 1 aliphatic heterocycles. The van der Waals surface area contributed by atoms with Crippen LogP contribution in [0, 0.1) is 5.92 Å². The topological polar surface area (TPSA) is 38.7 Å². The van der Waals surface area contributed by atoms with Gasteiger partial charge in [0.05, 0.1) is 25.7 Å². The third-order valence-electron chi connectivity index (χ3n) is 2.84. The lowest BCUT2D eigenvalue weighted by molar-refractivity contribution is 0.137. The molecule has 0 spiro atoms. The van der Waals surface area contributed by atoms with Gasteiger partial charge in [0, 0.05) is 0 Å². The molecular weight excluding hydrogens is 204 g/mol. The monoisotopic (exact) mass is 222 g/mol. The molecule has 1 aromatic carbocycles. The predicted molar refractivity (Wildman–Crippen MR) is 62.1 cm³/mol. The number of aliphatic hydroxyl groups excluding tert-OH is 1. The van der Waals surface area contributed by atoms with E-state index in [1.807, 2.05) is 12.1 Å². The van der Waals surface area contributed by atoms with Gasteiger partial charge in [0.15, 0.2) is 11.5 Å². The van der Waals surface area contributed by atoms with Crippen LogP contribution in [0.5, 0.6) is 11.5 Å². The summed E-state index contributed by atoms with van der Waals surface area (Å²) in [6.45, 7) is 5.44. The van der Waals surface area contributed by atoms with Crippen molar-refractivity contribution in [1.82, 2.24) is 0 Å². The summed E-state index contributed by atoms with van der Waals surface area (Å²) < 4.78 is 11.3. The van der Waals surface area contributed by atoms with E-state index in [4.69, 9.17) is 14.6 Å². The number of rotatable bonds is 2. The highest BCUT2D eigenvalue weighted by Gasteiger charge is 2.18. The van der Waals surface area contributed by atoms with E-state index in [9.17, 15) is 0 Å². The van der Waals surface area contributed by atoms with E-state index in [1.165, 1.54) is 5.56 Å². The van der Waals surface area contributed by atoms with Gasteiger partial charge in [0.2, 0.25) is 0 Å². The molecule has 0 aliphatic carbocycles. The number of fused-ring (bicyclic) bond motifs is 1. The quantitative estimate of drug-likeness (QED) is 0.833. The van der Waals surface area contributed by atoms with Crippen LogP contribution in [-0.2, 0) is 0 Å². The number of benzene rings is 1. The Labute approximate surface area is 96.0 Å². The fourth-order valence-electron chi connectivity index (χ4n) is 1.68. The molecule has 88 valence electrons. The highest BCUT2D eigenvalue weighted by molar-refractivity contribution is 5.44. The first-order valence-corrected chi connectivity index (χ1v) is 5.71. The summed E-state index contributed by atoms with van der Waals surface area (Å²) in [5, 5.41) is 9.08. The van der Waals surface area contributed by atoms with Gasteiger partial charge >= 0.3 is 0 Å². The summed E-state index contributed by atoms with van der Waals surface area (Å²) in [6, 6.07) is 6.04. The molecule has 0 fully saturated rings. The van der Waals surface area contributed by atoms with Crippen LogP contribution in [0.15, 0.2) is 18.2 Å². The maximum absolute atomic E-state index is 9.08. The molecular formula is C13H18O3. The van der Waals surface area contributed by atoms with Crippen molar-refractivity contribution in [3.8, 4) is 11.5 Å². The van der Waals surface area contributed by atoms with Crippen LogP contribution in [0.4, 0.5) is 0 Å². The molecule has 0 saturated carbocycles. The summed E-state index contributed by atoms with van der Waals surface area (Å²) in [5.74, 6) is 2.11. The van der Waals surface area contributed by atoms with Crippen molar-refractivity contribution in [2.24, 2.45) is 5.92 Å². The maximum atomic E-state index is 9.08.